The molecule has 0 aromatic heterocycles. The average Bonchev–Trinajstić information content (AvgIpc) is 2.92. The molecule has 1 saturated heterocycles. The number of methoxy groups -OCH3 is 2. The van der Waals surface area contributed by atoms with Gasteiger partial charge < -0.3 is 19.7 Å². The quantitative estimate of drug-likeness (QED) is 0.827. The molecular weight excluding hydrogens is 356 g/mol. The van der Waals surface area contributed by atoms with Crippen LogP contribution in [0.25, 0.3) is 0 Å². The number of amides is 2. The van der Waals surface area contributed by atoms with Gasteiger partial charge in [0, 0.05) is 24.3 Å². The van der Waals surface area contributed by atoms with Crippen LogP contribution in [0.4, 0.5) is 11.4 Å². The number of hydrogen-bond acceptors (Lipinski definition) is 4. The number of rotatable bonds is 6. The maximum Gasteiger partial charge on any atom is 0.231 e. The molecule has 1 aliphatic heterocycles. The van der Waals surface area contributed by atoms with Gasteiger partial charge in [-0.25, -0.2) is 0 Å². The Hall–Kier alpha value is -3.02. The van der Waals surface area contributed by atoms with Crippen LogP contribution in [0.5, 0.6) is 11.5 Å². The molecule has 3 rings (SSSR count). The smallest absolute Gasteiger partial charge is 0.231 e. The normalized spacial score (nSPS) is 18.1. The van der Waals surface area contributed by atoms with Crippen LogP contribution in [-0.4, -0.2) is 32.6 Å². The number of hydrogen-bond donors (Lipinski definition) is 1. The molecule has 2 aromatic carbocycles. The Morgan fingerprint density at radius 3 is 2.11 bits per heavy atom. The van der Waals surface area contributed by atoms with Gasteiger partial charge in [-0.1, -0.05) is 13.8 Å². The number of nitrogens with zero attached hydrogens (tertiary/aromatic N) is 1. The molecule has 6 heteroatoms. The van der Waals surface area contributed by atoms with Gasteiger partial charge >= 0.3 is 0 Å². The maximum atomic E-state index is 13.0. The van der Waals surface area contributed by atoms with Crippen molar-refractivity contribution >= 4 is 23.2 Å². The third kappa shape index (κ3) is 4.11. The molecule has 0 aliphatic carbocycles. The molecular formula is C22H26N2O4. The highest BCUT2D eigenvalue weighted by atomic mass is 16.5. The Bertz CT molecular complexity index is 844. The van der Waals surface area contributed by atoms with Crippen molar-refractivity contribution in [3.63, 3.8) is 0 Å². The number of benzene rings is 2. The number of anilines is 2. The van der Waals surface area contributed by atoms with E-state index in [9.17, 15) is 9.59 Å². The highest BCUT2D eigenvalue weighted by Gasteiger charge is 2.47. The maximum absolute atomic E-state index is 13.0. The van der Waals surface area contributed by atoms with Crippen LogP contribution in [-0.2, 0) is 9.59 Å². The van der Waals surface area contributed by atoms with Gasteiger partial charge in [0.1, 0.15) is 11.5 Å². The lowest BCUT2D eigenvalue weighted by Gasteiger charge is -2.23. The Balaban J connectivity index is 1.69. The molecule has 2 aromatic rings. The molecule has 0 saturated carbocycles. The monoisotopic (exact) mass is 382 g/mol. The van der Waals surface area contributed by atoms with Crippen molar-refractivity contribution < 1.29 is 19.1 Å². The highest BCUT2D eigenvalue weighted by Crippen LogP contribution is 2.41. The topological polar surface area (TPSA) is 67.9 Å². The summed E-state index contributed by atoms with van der Waals surface area (Å²) >= 11 is 0. The molecule has 0 bridgehead atoms. The van der Waals surface area contributed by atoms with Gasteiger partial charge in [-0.2, -0.15) is 0 Å². The fourth-order valence-electron chi connectivity index (χ4n) is 3.53. The molecule has 1 N–H and O–H groups in total. The third-order valence-corrected chi connectivity index (χ3v) is 5.22. The van der Waals surface area contributed by atoms with E-state index in [1.807, 2.05) is 38.1 Å². The first-order chi connectivity index (χ1) is 13.3. The summed E-state index contributed by atoms with van der Waals surface area (Å²) in [5.41, 5.74) is 1.19. The van der Waals surface area contributed by atoms with Crippen LogP contribution in [0, 0.1) is 11.3 Å². The Morgan fingerprint density at radius 2 is 1.57 bits per heavy atom. The molecule has 0 unspecified atom stereocenters. The van der Waals surface area contributed by atoms with E-state index in [1.54, 1.807) is 43.4 Å². The lowest BCUT2D eigenvalue weighted by Crippen LogP contribution is -2.30. The van der Waals surface area contributed by atoms with E-state index >= 15 is 0 Å². The van der Waals surface area contributed by atoms with Gasteiger partial charge in [0.2, 0.25) is 11.8 Å². The van der Waals surface area contributed by atoms with Crippen molar-refractivity contribution in [1.82, 2.24) is 0 Å². The minimum atomic E-state index is -0.382. The van der Waals surface area contributed by atoms with Crippen molar-refractivity contribution in [2.45, 2.75) is 20.3 Å². The summed E-state index contributed by atoms with van der Waals surface area (Å²) in [5, 5.41) is 2.87. The van der Waals surface area contributed by atoms with Crippen molar-refractivity contribution in [1.29, 1.82) is 0 Å². The van der Waals surface area contributed by atoms with Crippen molar-refractivity contribution in [2.75, 3.05) is 31.0 Å². The molecule has 1 heterocycles. The average molecular weight is 382 g/mol. The summed E-state index contributed by atoms with van der Waals surface area (Å²) in [7, 11) is 3.20. The van der Waals surface area contributed by atoms with Gasteiger partial charge in [-0.15, -0.1) is 0 Å². The second-order valence-corrected chi connectivity index (χ2v) is 7.64. The minimum Gasteiger partial charge on any atom is -0.497 e. The summed E-state index contributed by atoms with van der Waals surface area (Å²) in [6, 6.07) is 14.5. The predicted octanol–water partition coefficient (Wildman–Crippen LogP) is 3.72. The summed E-state index contributed by atoms with van der Waals surface area (Å²) < 4.78 is 10.3. The first-order valence-electron chi connectivity index (χ1n) is 9.23. The SMILES string of the molecule is COc1ccc(NC(=O)C[C@@H]2C(=O)N(c3ccc(OC)cc3)CC2(C)C)cc1. The van der Waals surface area contributed by atoms with Crippen molar-refractivity contribution in [2.24, 2.45) is 11.3 Å². The van der Waals surface area contributed by atoms with Gasteiger partial charge in [0.25, 0.3) is 0 Å². The summed E-state index contributed by atoms with van der Waals surface area (Å²) in [6.07, 6.45) is 0.143. The number of carbonyl (C=O) groups excluding carboxylic acids is 2. The van der Waals surface area contributed by atoms with E-state index < -0.39 is 0 Å². The van der Waals surface area contributed by atoms with Gasteiger partial charge in [0.05, 0.1) is 20.1 Å². The lowest BCUT2D eigenvalue weighted by atomic mass is 9.79. The summed E-state index contributed by atoms with van der Waals surface area (Å²) in [4.78, 5) is 27.4. The van der Waals surface area contributed by atoms with Gasteiger partial charge in [-0.3, -0.25) is 9.59 Å². The van der Waals surface area contributed by atoms with E-state index in [0.29, 0.717) is 12.2 Å². The fraction of sp³-hybridized carbons (Fsp3) is 0.364. The highest BCUT2D eigenvalue weighted by molar-refractivity contribution is 6.02. The molecule has 28 heavy (non-hydrogen) atoms. The zero-order chi connectivity index (χ0) is 20.3. The Labute approximate surface area is 165 Å². The second kappa shape index (κ2) is 7.92. The minimum absolute atomic E-state index is 0.0277. The van der Waals surface area contributed by atoms with Gasteiger partial charge in [0.15, 0.2) is 0 Å². The predicted molar refractivity (Wildman–Crippen MR) is 109 cm³/mol. The van der Waals surface area contributed by atoms with Crippen LogP contribution >= 0.6 is 0 Å². The molecule has 6 nitrogen and oxygen atoms in total. The van der Waals surface area contributed by atoms with Crippen LogP contribution in [0.3, 0.4) is 0 Å². The van der Waals surface area contributed by atoms with Crippen LogP contribution in [0.15, 0.2) is 48.5 Å². The second-order valence-electron chi connectivity index (χ2n) is 7.64. The standard InChI is InChI=1S/C22H26N2O4/c1-22(2)14-24(16-7-11-18(28-4)12-8-16)21(26)19(22)13-20(25)23-15-5-9-17(27-3)10-6-15/h5-12,19H,13-14H2,1-4H3,(H,23,25)/t19-/m1/s1. The van der Waals surface area contributed by atoms with Crippen LogP contribution in [0.1, 0.15) is 20.3 Å². The van der Waals surface area contributed by atoms with E-state index in [2.05, 4.69) is 5.32 Å². The van der Waals surface area contributed by atoms with Crippen molar-refractivity contribution in [3.05, 3.63) is 48.5 Å². The molecule has 0 spiro atoms. The molecule has 2 amide bonds. The molecule has 0 radical (unpaired) electrons. The first-order valence-corrected chi connectivity index (χ1v) is 9.23. The fourth-order valence-corrected chi connectivity index (χ4v) is 3.53. The Morgan fingerprint density at radius 1 is 1.04 bits per heavy atom. The first kappa shape index (κ1) is 19.7. The van der Waals surface area contributed by atoms with E-state index in [-0.39, 0.29) is 29.6 Å². The summed E-state index contributed by atoms with van der Waals surface area (Å²) in [6.45, 7) is 4.62. The number of ether oxygens (including phenoxy) is 2. The summed E-state index contributed by atoms with van der Waals surface area (Å²) in [5.74, 6) is 0.881. The lowest BCUT2D eigenvalue weighted by molar-refractivity contribution is -0.126. The van der Waals surface area contributed by atoms with E-state index in [4.69, 9.17) is 9.47 Å². The van der Waals surface area contributed by atoms with Crippen molar-refractivity contribution in [3.8, 4) is 11.5 Å². The van der Waals surface area contributed by atoms with Crippen LogP contribution in [0.2, 0.25) is 0 Å². The number of carbonyl (C=O) groups is 2. The zero-order valence-electron chi connectivity index (χ0n) is 16.7. The van der Waals surface area contributed by atoms with Crippen LogP contribution < -0.4 is 19.7 Å². The molecule has 1 aliphatic rings. The molecule has 1 atom stereocenters. The largest absolute Gasteiger partial charge is 0.497 e. The van der Waals surface area contributed by atoms with Gasteiger partial charge in [-0.05, 0) is 53.9 Å². The van der Waals surface area contributed by atoms with E-state index in [1.165, 1.54) is 0 Å². The third-order valence-electron chi connectivity index (χ3n) is 5.22. The van der Waals surface area contributed by atoms with E-state index in [0.717, 1.165) is 17.2 Å². The Kier molecular flexibility index (Phi) is 5.58. The number of nitrogens with one attached hydrogen (secondary N) is 1. The molecule has 148 valence electrons. The molecule has 1 fully saturated rings. The zero-order valence-corrected chi connectivity index (χ0v) is 16.7.